The Labute approximate surface area is 144 Å². The van der Waals surface area contributed by atoms with Crippen LogP contribution in [0.15, 0.2) is 10.2 Å². The number of nitrogens with one attached hydrogen (secondary N) is 1. The number of nitrogens with zero attached hydrogens (tertiary/aromatic N) is 3. The molecule has 0 bridgehead atoms. The number of ether oxygens (including phenoxy) is 1. The minimum Gasteiger partial charge on any atom is -0.381 e. The van der Waals surface area contributed by atoms with Crippen molar-refractivity contribution in [3.05, 3.63) is 0 Å². The van der Waals surface area contributed by atoms with Gasteiger partial charge in [0.15, 0.2) is 5.66 Å². The predicted octanol–water partition coefficient (Wildman–Crippen LogP) is 2.10. The van der Waals surface area contributed by atoms with Crippen LogP contribution in [0.1, 0.15) is 51.4 Å². The standard InChI is InChI=1S/C18H28N4O2/c1-2-3-9-18(20-21-18)10-6-17(23)19-15-5-4-11-22(14-15)16-7-12-24-13-8-16/h1,15-16H,3-14H2,(H,19,23). The van der Waals surface area contributed by atoms with Crippen LogP contribution in [0.2, 0.25) is 0 Å². The Balaban J connectivity index is 1.38. The third-order valence-corrected chi connectivity index (χ3v) is 5.33. The Morgan fingerprint density at radius 1 is 1.29 bits per heavy atom. The molecule has 0 aliphatic carbocycles. The van der Waals surface area contributed by atoms with Gasteiger partial charge in [-0.05, 0) is 32.2 Å². The minimum absolute atomic E-state index is 0.117. The van der Waals surface area contributed by atoms with Crippen LogP contribution in [0, 0.1) is 12.3 Å². The second kappa shape index (κ2) is 8.09. The Morgan fingerprint density at radius 2 is 2.08 bits per heavy atom. The largest absolute Gasteiger partial charge is 0.381 e. The summed E-state index contributed by atoms with van der Waals surface area (Å²) in [5.41, 5.74) is -0.357. The van der Waals surface area contributed by atoms with E-state index in [1.165, 1.54) is 0 Å². The summed E-state index contributed by atoms with van der Waals surface area (Å²) in [5.74, 6) is 2.74. The van der Waals surface area contributed by atoms with E-state index in [0.717, 1.165) is 58.4 Å². The number of hydrogen-bond donors (Lipinski definition) is 1. The molecule has 0 aromatic carbocycles. The normalized spacial score (nSPS) is 26.7. The van der Waals surface area contributed by atoms with Gasteiger partial charge in [0.05, 0.1) is 0 Å². The van der Waals surface area contributed by atoms with Gasteiger partial charge in [-0.25, -0.2) is 0 Å². The highest BCUT2D eigenvalue weighted by atomic mass is 16.5. The molecule has 6 heteroatoms. The number of carbonyl (C=O) groups is 1. The number of terminal acetylenes is 1. The topological polar surface area (TPSA) is 66.3 Å². The minimum atomic E-state index is -0.357. The molecule has 0 radical (unpaired) electrons. The molecule has 0 saturated carbocycles. The predicted molar refractivity (Wildman–Crippen MR) is 91.5 cm³/mol. The summed E-state index contributed by atoms with van der Waals surface area (Å²) >= 11 is 0. The van der Waals surface area contributed by atoms with Gasteiger partial charge in [0, 0.05) is 57.5 Å². The molecule has 0 aromatic rings. The van der Waals surface area contributed by atoms with E-state index in [-0.39, 0.29) is 17.6 Å². The summed E-state index contributed by atoms with van der Waals surface area (Å²) in [4.78, 5) is 14.8. The molecule has 3 heterocycles. The lowest BCUT2D eigenvalue weighted by Crippen LogP contribution is -2.52. The van der Waals surface area contributed by atoms with Crippen LogP contribution in [-0.4, -0.2) is 54.9 Å². The molecule has 0 aromatic heterocycles. The fraction of sp³-hybridized carbons (Fsp3) is 0.833. The second-order valence-corrected chi connectivity index (χ2v) is 7.13. The molecular weight excluding hydrogens is 304 g/mol. The molecule has 2 saturated heterocycles. The Hall–Kier alpha value is -1.45. The summed E-state index contributed by atoms with van der Waals surface area (Å²) in [6, 6.07) is 0.887. The number of hydrogen-bond acceptors (Lipinski definition) is 5. The number of rotatable bonds is 7. The van der Waals surface area contributed by atoms with E-state index < -0.39 is 0 Å². The quantitative estimate of drug-likeness (QED) is 0.726. The first-order chi connectivity index (χ1) is 11.7. The van der Waals surface area contributed by atoms with Crippen LogP contribution < -0.4 is 5.32 Å². The maximum Gasteiger partial charge on any atom is 0.220 e. The lowest BCUT2D eigenvalue weighted by Gasteiger charge is -2.40. The first-order valence-corrected chi connectivity index (χ1v) is 9.19. The summed E-state index contributed by atoms with van der Waals surface area (Å²) in [7, 11) is 0. The van der Waals surface area contributed by atoms with Gasteiger partial charge in [-0.1, -0.05) is 0 Å². The van der Waals surface area contributed by atoms with Crippen LogP contribution in [0.3, 0.4) is 0 Å². The van der Waals surface area contributed by atoms with Gasteiger partial charge in [0.1, 0.15) is 0 Å². The van der Waals surface area contributed by atoms with Crippen LogP contribution in [0.25, 0.3) is 0 Å². The van der Waals surface area contributed by atoms with Crippen molar-refractivity contribution >= 4 is 5.91 Å². The maximum absolute atomic E-state index is 12.3. The Bertz CT molecular complexity index is 502. The molecule has 1 unspecified atom stereocenters. The number of carbonyl (C=O) groups excluding carboxylic acids is 1. The molecule has 2 fully saturated rings. The van der Waals surface area contributed by atoms with E-state index in [9.17, 15) is 4.79 Å². The monoisotopic (exact) mass is 332 g/mol. The van der Waals surface area contributed by atoms with Gasteiger partial charge in [-0.3, -0.25) is 9.69 Å². The molecule has 1 N–H and O–H groups in total. The Kier molecular flexibility index (Phi) is 5.85. The molecule has 132 valence electrons. The fourth-order valence-corrected chi connectivity index (χ4v) is 3.79. The SMILES string of the molecule is C#CCCC1(CCC(=O)NC2CCCN(C3CCOCC3)C2)N=N1. The molecule has 6 nitrogen and oxygen atoms in total. The summed E-state index contributed by atoms with van der Waals surface area (Å²) in [6.07, 6.45) is 12.3. The zero-order chi connectivity index (χ0) is 16.8. The van der Waals surface area contributed by atoms with Crippen molar-refractivity contribution < 1.29 is 9.53 Å². The lowest BCUT2D eigenvalue weighted by molar-refractivity contribution is -0.122. The zero-order valence-electron chi connectivity index (χ0n) is 14.4. The van der Waals surface area contributed by atoms with Crippen LogP contribution >= 0.6 is 0 Å². The number of likely N-dealkylation sites (tertiary alicyclic amines) is 1. The first kappa shape index (κ1) is 17.4. The van der Waals surface area contributed by atoms with Gasteiger partial charge in [0.2, 0.25) is 5.91 Å². The van der Waals surface area contributed by atoms with Crippen molar-refractivity contribution in [3.8, 4) is 12.3 Å². The van der Waals surface area contributed by atoms with Gasteiger partial charge < -0.3 is 10.1 Å². The summed E-state index contributed by atoms with van der Waals surface area (Å²) < 4.78 is 5.45. The van der Waals surface area contributed by atoms with Gasteiger partial charge >= 0.3 is 0 Å². The number of amides is 1. The van der Waals surface area contributed by atoms with Gasteiger partial charge in [-0.15, -0.1) is 12.3 Å². The van der Waals surface area contributed by atoms with Crippen molar-refractivity contribution in [1.82, 2.24) is 10.2 Å². The van der Waals surface area contributed by atoms with Crippen LogP contribution in [0.5, 0.6) is 0 Å². The molecular formula is C18H28N4O2. The molecule has 1 atom stereocenters. The Morgan fingerprint density at radius 3 is 2.79 bits per heavy atom. The molecule has 1 amide bonds. The van der Waals surface area contributed by atoms with Crippen molar-refractivity contribution in [2.24, 2.45) is 10.2 Å². The molecule has 24 heavy (non-hydrogen) atoms. The van der Waals surface area contributed by atoms with Crippen molar-refractivity contribution in [2.45, 2.75) is 69.1 Å². The molecule has 3 rings (SSSR count). The average molecular weight is 332 g/mol. The third-order valence-electron chi connectivity index (χ3n) is 5.33. The van der Waals surface area contributed by atoms with E-state index >= 15 is 0 Å². The highest BCUT2D eigenvalue weighted by Gasteiger charge is 2.39. The summed E-state index contributed by atoms with van der Waals surface area (Å²) in [6.45, 7) is 3.84. The highest BCUT2D eigenvalue weighted by Crippen LogP contribution is 2.37. The van der Waals surface area contributed by atoms with Gasteiger partial charge in [-0.2, -0.15) is 10.2 Å². The van der Waals surface area contributed by atoms with Crippen molar-refractivity contribution in [1.29, 1.82) is 0 Å². The zero-order valence-corrected chi connectivity index (χ0v) is 14.4. The smallest absolute Gasteiger partial charge is 0.220 e. The van der Waals surface area contributed by atoms with E-state index in [0.29, 0.717) is 25.3 Å². The number of piperidine rings is 1. The van der Waals surface area contributed by atoms with Gasteiger partial charge in [0.25, 0.3) is 0 Å². The summed E-state index contributed by atoms with van der Waals surface area (Å²) in [5, 5.41) is 11.4. The van der Waals surface area contributed by atoms with E-state index in [2.05, 4.69) is 26.4 Å². The maximum atomic E-state index is 12.3. The highest BCUT2D eigenvalue weighted by molar-refractivity contribution is 5.76. The average Bonchev–Trinajstić information content (AvgIpc) is 3.40. The van der Waals surface area contributed by atoms with E-state index in [4.69, 9.17) is 11.2 Å². The van der Waals surface area contributed by atoms with E-state index in [1.807, 2.05) is 0 Å². The molecule has 3 aliphatic rings. The van der Waals surface area contributed by atoms with E-state index in [1.54, 1.807) is 0 Å². The van der Waals surface area contributed by atoms with Crippen molar-refractivity contribution in [3.63, 3.8) is 0 Å². The second-order valence-electron chi connectivity index (χ2n) is 7.13. The van der Waals surface area contributed by atoms with Crippen molar-refractivity contribution in [2.75, 3.05) is 26.3 Å². The first-order valence-electron chi connectivity index (χ1n) is 9.19. The van der Waals surface area contributed by atoms with Crippen LogP contribution in [0.4, 0.5) is 0 Å². The van der Waals surface area contributed by atoms with Crippen LogP contribution in [-0.2, 0) is 9.53 Å². The molecule has 0 spiro atoms. The third kappa shape index (κ3) is 4.78. The lowest BCUT2D eigenvalue weighted by atomic mass is 9.99. The molecule has 3 aliphatic heterocycles. The fourth-order valence-electron chi connectivity index (χ4n) is 3.79.